The average molecular weight is 178 g/mol. The van der Waals surface area contributed by atoms with Crippen LogP contribution in [0.4, 0.5) is 11.4 Å². The van der Waals surface area contributed by atoms with Crippen molar-refractivity contribution in [1.82, 2.24) is 0 Å². The molecule has 1 aromatic rings. The molecule has 70 valence electrons. The van der Waals surface area contributed by atoms with E-state index in [1.165, 1.54) is 0 Å². The van der Waals surface area contributed by atoms with Gasteiger partial charge in [0.25, 0.3) is 0 Å². The third-order valence-corrected chi connectivity index (χ3v) is 2.44. The zero-order valence-electron chi connectivity index (χ0n) is 8.00. The van der Waals surface area contributed by atoms with Gasteiger partial charge in [0.05, 0.1) is 12.2 Å². The van der Waals surface area contributed by atoms with Gasteiger partial charge in [-0.15, -0.1) is 0 Å². The van der Waals surface area contributed by atoms with Crippen molar-refractivity contribution in [2.24, 2.45) is 0 Å². The van der Waals surface area contributed by atoms with Crippen LogP contribution >= 0.6 is 0 Å². The molecule has 1 heterocycles. The Hall–Kier alpha value is -1.38. The lowest BCUT2D eigenvalue weighted by atomic mass is 10.1. The number of aryl methyl sites for hydroxylation is 1. The molecule has 0 saturated heterocycles. The zero-order valence-corrected chi connectivity index (χ0v) is 8.00. The molecule has 0 atom stereocenters. The SMILES string of the molecule is Cc1cc2c(cc1N)OCCN2C. The summed E-state index contributed by atoms with van der Waals surface area (Å²) in [4.78, 5) is 2.19. The third-order valence-electron chi connectivity index (χ3n) is 2.44. The number of benzene rings is 1. The normalized spacial score (nSPS) is 15.1. The molecule has 0 aliphatic carbocycles. The largest absolute Gasteiger partial charge is 0.489 e. The van der Waals surface area contributed by atoms with Crippen molar-refractivity contribution in [3.05, 3.63) is 17.7 Å². The monoisotopic (exact) mass is 178 g/mol. The van der Waals surface area contributed by atoms with Crippen LogP contribution in [0.5, 0.6) is 5.75 Å². The summed E-state index contributed by atoms with van der Waals surface area (Å²) < 4.78 is 5.51. The summed E-state index contributed by atoms with van der Waals surface area (Å²) >= 11 is 0. The maximum atomic E-state index is 5.79. The summed E-state index contributed by atoms with van der Waals surface area (Å²) in [5, 5.41) is 0. The summed E-state index contributed by atoms with van der Waals surface area (Å²) in [6, 6.07) is 3.98. The first-order valence-corrected chi connectivity index (χ1v) is 4.42. The molecule has 0 fully saturated rings. The van der Waals surface area contributed by atoms with Crippen molar-refractivity contribution in [3.63, 3.8) is 0 Å². The van der Waals surface area contributed by atoms with Crippen LogP contribution in [0.15, 0.2) is 12.1 Å². The minimum Gasteiger partial charge on any atom is -0.489 e. The molecule has 3 heteroatoms. The molecule has 1 aliphatic rings. The lowest BCUT2D eigenvalue weighted by Gasteiger charge is -2.28. The molecule has 3 nitrogen and oxygen atoms in total. The molecule has 13 heavy (non-hydrogen) atoms. The van der Waals surface area contributed by atoms with E-state index in [9.17, 15) is 0 Å². The Morgan fingerprint density at radius 3 is 3.00 bits per heavy atom. The Morgan fingerprint density at radius 2 is 2.23 bits per heavy atom. The summed E-state index contributed by atoms with van der Waals surface area (Å²) in [6.07, 6.45) is 0. The minimum atomic E-state index is 0.742. The molecule has 0 aromatic heterocycles. The molecule has 0 saturated carbocycles. The van der Waals surface area contributed by atoms with E-state index in [-0.39, 0.29) is 0 Å². The van der Waals surface area contributed by atoms with Crippen LogP contribution in [0.1, 0.15) is 5.56 Å². The van der Waals surface area contributed by atoms with Crippen LogP contribution in [0, 0.1) is 6.92 Å². The van der Waals surface area contributed by atoms with Gasteiger partial charge in [0.2, 0.25) is 0 Å². The fraction of sp³-hybridized carbons (Fsp3) is 0.400. The zero-order chi connectivity index (χ0) is 9.42. The van der Waals surface area contributed by atoms with Gasteiger partial charge in [-0.3, -0.25) is 0 Å². The van der Waals surface area contributed by atoms with E-state index in [2.05, 4.69) is 18.0 Å². The number of hydrogen-bond acceptors (Lipinski definition) is 3. The molecule has 0 spiro atoms. The number of hydrogen-bond donors (Lipinski definition) is 1. The number of rotatable bonds is 0. The summed E-state index contributed by atoms with van der Waals surface area (Å²) in [6.45, 7) is 3.69. The van der Waals surface area contributed by atoms with Gasteiger partial charge in [-0.2, -0.15) is 0 Å². The average Bonchev–Trinajstić information content (AvgIpc) is 2.09. The molecule has 0 bridgehead atoms. The number of nitrogens with two attached hydrogens (primary N) is 1. The number of likely N-dealkylation sites (N-methyl/N-ethyl adjacent to an activating group) is 1. The summed E-state index contributed by atoms with van der Waals surface area (Å²) in [5.74, 6) is 0.900. The Morgan fingerprint density at radius 1 is 1.46 bits per heavy atom. The van der Waals surface area contributed by atoms with Gasteiger partial charge in [-0.1, -0.05) is 0 Å². The standard InChI is InChI=1S/C10H14N2O/c1-7-5-9-10(6-8(7)11)13-4-3-12(9)2/h5-6H,3-4,11H2,1-2H3. The quantitative estimate of drug-likeness (QED) is 0.610. The minimum absolute atomic E-state index is 0.742. The van der Waals surface area contributed by atoms with E-state index in [4.69, 9.17) is 10.5 Å². The van der Waals surface area contributed by atoms with Gasteiger partial charge < -0.3 is 15.4 Å². The van der Waals surface area contributed by atoms with Gasteiger partial charge in [-0.05, 0) is 18.6 Å². The molecular weight excluding hydrogens is 164 g/mol. The highest BCUT2D eigenvalue weighted by molar-refractivity contribution is 5.67. The second-order valence-electron chi connectivity index (χ2n) is 3.45. The number of anilines is 2. The molecular formula is C10H14N2O. The Balaban J connectivity index is 2.52. The maximum absolute atomic E-state index is 5.79. The Bertz CT molecular complexity index is 336. The lowest BCUT2D eigenvalue weighted by Crippen LogP contribution is -2.28. The second-order valence-corrected chi connectivity index (χ2v) is 3.45. The van der Waals surface area contributed by atoms with Crippen LogP contribution in [-0.2, 0) is 0 Å². The fourth-order valence-corrected chi connectivity index (χ4v) is 1.52. The first-order chi connectivity index (χ1) is 6.18. The van der Waals surface area contributed by atoms with E-state index in [1.807, 2.05) is 13.0 Å². The fourth-order valence-electron chi connectivity index (χ4n) is 1.52. The molecule has 2 N–H and O–H groups in total. The van der Waals surface area contributed by atoms with E-state index < -0.39 is 0 Å². The molecule has 0 amide bonds. The number of fused-ring (bicyclic) bond motifs is 1. The highest BCUT2D eigenvalue weighted by Gasteiger charge is 2.15. The van der Waals surface area contributed by atoms with Crippen LogP contribution < -0.4 is 15.4 Å². The van der Waals surface area contributed by atoms with Crippen molar-refractivity contribution in [3.8, 4) is 5.75 Å². The highest BCUT2D eigenvalue weighted by Crippen LogP contribution is 2.34. The van der Waals surface area contributed by atoms with Gasteiger partial charge in [0.15, 0.2) is 0 Å². The number of nitrogen functional groups attached to an aromatic ring is 1. The van der Waals surface area contributed by atoms with Crippen molar-refractivity contribution >= 4 is 11.4 Å². The second kappa shape index (κ2) is 2.83. The van der Waals surface area contributed by atoms with Crippen LogP contribution in [0.2, 0.25) is 0 Å². The summed E-state index contributed by atoms with van der Waals surface area (Å²) in [7, 11) is 2.07. The van der Waals surface area contributed by atoms with Gasteiger partial charge in [0, 0.05) is 18.8 Å². The number of ether oxygens (including phenoxy) is 1. The summed E-state index contributed by atoms with van der Waals surface area (Å²) in [5.41, 5.74) is 8.84. The van der Waals surface area contributed by atoms with Crippen LogP contribution in [0.25, 0.3) is 0 Å². The first kappa shape index (κ1) is 8.23. The molecule has 1 aromatic carbocycles. The first-order valence-electron chi connectivity index (χ1n) is 4.42. The van der Waals surface area contributed by atoms with E-state index in [0.29, 0.717) is 0 Å². The lowest BCUT2D eigenvalue weighted by molar-refractivity contribution is 0.311. The van der Waals surface area contributed by atoms with E-state index in [0.717, 1.165) is 35.8 Å². The Kier molecular flexibility index (Phi) is 1.79. The van der Waals surface area contributed by atoms with Gasteiger partial charge in [-0.25, -0.2) is 0 Å². The molecule has 2 rings (SSSR count). The third kappa shape index (κ3) is 1.30. The maximum Gasteiger partial charge on any atom is 0.144 e. The van der Waals surface area contributed by atoms with Crippen molar-refractivity contribution in [1.29, 1.82) is 0 Å². The van der Waals surface area contributed by atoms with Crippen LogP contribution in [0.3, 0.4) is 0 Å². The predicted octanol–water partition coefficient (Wildman–Crippen LogP) is 1.41. The molecule has 0 radical (unpaired) electrons. The molecule has 1 aliphatic heterocycles. The van der Waals surface area contributed by atoms with Crippen molar-refractivity contribution in [2.45, 2.75) is 6.92 Å². The van der Waals surface area contributed by atoms with Gasteiger partial charge in [0.1, 0.15) is 12.4 Å². The van der Waals surface area contributed by atoms with Crippen LogP contribution in [-0.4, -0.2) is 20.2 Å². The predicted molar refractivity (Wildman–Crippen MR) is 54.4 cm³/mol. The van der Waals surface area contributed by atoms with Gasteiger partial charge >= 0.3 is 0 Å². The highest BCUT2D eigenvalue weighted by atomic mass is 16.5. The molecule has 0 unspecified atom stereocenters. The smallest absolute Gasteiger partial charge is 0.144 e. The topological polar surface area (TPSA) is 38.5 Å². The van der Waals surface area contributed by atoms with Crippen molar-refractivity contribution < 1.29 is 4.74 Å². The Labute approximate surface area is 78.1 Å². The van der Waals surface area contributed by atoms with E-state index >= 15 is 0 Å². The number of nitrogens with zero attached hydrogens (tertiary/aromatic N) is 1. The van der Waals surface area contributed by atoms with Crippen molar-refractivity contribution in [2.75, 3.05) is 30.8 Å². The van der Waals surface area contributed by atoms with E-state index in [1.54, 1.807) is 0 Å².